The van der Waals surface area contributed by atoms with Crippen LogP contribution >= 0.6 is 0 Å². The third kappa shape index (κ3) is 3.98. The molecule has 0 bridgehead atoms. The number of hydrogen-bond donors (Lipinski definition) is 1. The van der Waals surface area contributed by atoms with Crippen molar-refractivity contribution >= 4 is 0 Å². The summed E-state index contributed by atoms with van der Waals surface area (Å²) in [5.41, 5.74) is 2.68. The zero-order valence-electron chi connectivity index (χ0n) is 17.1. The molecule has 1 fully saturated rings. The number of likely N-dealkylation sites (tertiary alicyclic amines) is 1. The van der Waals surface area contributed by atoms with Crippen molar-refractivity contribution in [2.45, 2.75) is 37.5 Å². The summed E-state index contributed by atoms with van der Waals surface area (Å²) in [7, 11) is 2.21. The van der Waals surface area contributed by atoms with Gasteiger partial charge >= 0.3 is 0 Å². The second kappa shape index (κ2) is 9.13. The van der Waals surface area contributed by atoms with Gasteiger partial charge in [-0.15, -0.1) is 0 Å². The molecule has 0 spiro atoms. The number of rotatable bonds is 4. The first-order valence-electron chi connectivity index (χ1n) is 10.2. The largest absolute Gasteiger partial charge is 1.00 e. The van der Waals surface area contributed by atoms with E-state index in [1.165, 1.54) is 11.1 Å². The molecule has 4 unspecified atom stereocenters. The Bertz CT molecular complexity index is 886. The maximum absolute atomic E-state index is 12.2. The molecule has 4 atom stereocenters. The number of benzene rings is 3. The Labute approximate surface area is 180 Å². The predicted octanol–water partition coefficient (Wildman–Crippen LogP) is 2.72. The van der Waals surface area contributed by atoms with Crippen LogP contribution in [0.4, 0.5) is 0 Å². The molecular formula is C26H29ClNO-. The molecule has 1 N–H and O–H groups in total. The summed E-state index contributed by atoms with van der Waals surface area (Å²) in [4.78, 5) is 2.47. The van der Waals surface area contributed by atoms with Crippen LogP contribution in [0, 0.1) is 5.92 Å². The van der Waals surface area contributed by atoms with Gasteiger partial charge in [0.05, 0.1) is 5.60 Å². The van der Waals surface area contributed by atoms with Gasteiger partial charge in [0, 0.05) is 24.4 Å². The standard InChI is InChI=1S/C26H29NO.ClH/c1-3-23-25(21-15-9-5-10-16-21)27(2)24(20-13-7-4-8-14-20)19-26(23,28)22-17-11-6-12-18-22;/h4-18,23-25,28H,3,19H2,1-2H3;1H/p-1. The van der Waals surface area contributed by atoms with Crippen molar-refractivity contribution in [3.63, 3.8) is 0 Å². The second-order valence-corrected chi connectivity index (χ2v) is 7.96. The minimum Gasteiger partial charge on any atom is -1.00 e. The van der Waals surface area contributed by atoms with Gasteiger partial charge in [0.2, 0.25) is 0 Å². The maximum Gasteiger partial charge on any atom is 0.0960 e. The van der Waals surface area contributed by atoms with Crippen LogP contribution in [0.3, 0.4) is 0 Å². The van der Waals surface area contributed by atoms with Gasteiger partial charge in [0.15, 0.2) is 0 Å². The molecule has 1 aliphatic rings. The fourth-order valence-electron chi connectivity index (χ4n) is 5.09. The number of nitrogens with zero attached hydrogens (tertiary/aromatic N) is 1. The fourth-order valence-corrected chi connectivity index (χ4v) is 5.09. The summed E-state index contributed by atoms with van der Waals surface area (Å²) in [6.07, 6.45) is 1.61. The predicted molar refractivity (Wildman–Crippen MR) is 115 cm³/mol. The molecule has 3 heteroatoms. The van der Waals surface area contributed by atoms with Gasteiger partial charge in [-0.1, -0.05) is 97.9 Å². The highest BCUT2D eigenvalue weighted by atomic mass is 35.5. The van der Waals surface area contributed by atoms with Gasteiger partial charge in [-0.05, 0) is 30.2 Å². The lowest BCUT2D eigenvalue weighted by Crippen LogP contribution is -3.00. The summed E-state index contributed by atoms with van der Waals surface area (Å²) < 4.78 is 0. The summed E-state index contributed by atoms with van der Waals surface area (Å²) in [5, 5.41) is 12.2. The molecule has 29 heavy (non-hydrogen) atoms. The molecule has 0 aliphatic carbocycles. The first-order chi connectivity index (χ1) is 13.6. The van der Waals surface area contributed by atoms with E-state index in [1.807, 2.05) is 18.2 Å². The molecule has 1 saturated heterocycles. The molecule has 1 aliphatic heterocycles. The van der Waals surface area contributed by atoms with E-state index in [1.54, 1.807) is 0 Å². The molecule has 0 amide bonds. The molecule has 1 heterocycles. The van der Waals surface area contributed by atoms with Crippen LogP contribution in [-0.4, -0.2) is 17.1 Å². The fraction of sp³-hybridized carbons (Fsp3) is 0.308. The van der Waals surface area contributed by atoms with Crippen LogP contribution < -0.4 is 12.4 Å². The van der Waals surface area contributed by atoms with Crippen LogP contribution in [0.2, 0.25) is 0 Å². The smallest absolute Gasteiger partial charge is 0.0960 e. The topological polar surface area (TPSA) is 23.5 Å². The zero-order chi connectivity index (χ0) is 19.6. The first kappa shape index (κ1) is 21.6. The minimum absolute atomic E-state index is 0. The normalized spacial score (nSPS) is 27.2. The Hall–Kier alpha value is -2.13. The lowest BCUT2D eigenvalue weighted by atomic mass is 9.66. The van der Waals surface area contributed by atoms with E-state index in [-0.39, 0.29) is 30.4 Å². The molecule has 4 rings (SSSR count). The van der Waals surface area contributed by atoms with Crippen molar-refractivity contribution in [1.82, 2.24) is 4.90 Å². The third-order valence-electron chi connectivity index (χ3n) is 6.47. The summed E-state index contributed by atoms with van der Waals surface area (Å²) in [5.74, 6) is 0.113. The number of halogens is 1. The van der Waals surface area contributed by atoms with Crippen LogP contribution in [0.1, 0.15) is 48.5 Å². The quantitative estimate of drug-likeness (QED) is 0.720. The van der Waals surface area contributed by atoms with Crippen LogP contribution in [0.5, 0.6) is 0 Å². The van der Waals surface area contributed by atoms with Crippen molar-refractivity contribution in [3.05, 3.63) is 108 Å². The average Bonchev–Trinajstić information content (AvgIpc) is 2.76. The summed E-state index contributed by atoms with van der Waals surface area (Å²) in [6.45, 7) is 2.20. The molecule has 2 nitrogen and oxygen atoms in total. The van der Waals surface area contributed by atoms with E-state index in [4.69, 9.17) is 0 Å². The Morgan fingerprint density at radius 2 is 1.31 bits per heavy atom. The first-order valence-corrected chi connectivity index (χ1v) is 10.2. The van der Waals surface area contributed by atoms with Gasteiger partial charge in [0.25, 0.3) is 0 Å². The van der Waals surface area contributed by atoms with Gasteiger partial charge in [-0.2, -0.15) is 0 Å². The van der Waals surface area contributed by atoms with E-state index in [2.05, 4.69) is 91.7 Å². The van der Waals surface area contributed by atoms with E-state index in [0.29, 0.717) is 6.42 Å². The minimum atomic E-state index is -0.871. The van der Waals surface area contributed by atoms with E-state index >= 15 is 0 Å². The lowest BCUT2D eigenvalue weighted by molar-refractivity contribution is -0.128. The number of piperidine rings is 1. The van der Waals surface area contributed by atoms with Crippen LogP contribution in [0.15, 0.2) is 91.0 Å². The highest BCUT2D eigenvalue weighted by molar-refractivity contribution is 5.32. The molecule has 3 aromatic rings. The Morgan fingerprint density at radius 3 is 1.83 bits per heavy atom. The zero-order valence-corrected chi connectivity index (χ0v) is 17.8. The van der Waals surface area contributed by atoms with Crippen molar-refractivity contribution < 1.29 is 17.5 Å². The maximum atomic E-state index is 12.2. The molecule has 0 radical (unpaired) electrons. The second-order valence-electron chi connectivity index (χ2n) is 7.96. The van der Waals surface area contributed by atoms with Crippen LogP contribution in [-0.2, 0) is 5.60 Å². The highest BCUT2D eigenvalue weighted by Gasteiger charge is 2.51. The average molecular weight is 407 g/mol. The van der Waals surface area contributed by atoms with Crippen molar-refractivity contribution in [2.24, 2.45) is 5.92 Å². The molecule has 3 aromatic carbocycles. The Morgan fingerprint density at radius 1 is 0.828 bits per heavy atom. The number of hydrogen-bond acceptors (Lipinski definition) is 2. The molecule has 152 valence electrons. The Balaban J connectivity index is 0.00000240. The van der Waals surface area contributed by atoms with Crippen molar-refractivity contribution in [1.29, 1.82) is 0 Å². The number of aliphatic hydroxyl groups is 1. The van der Waals surface area contributed by atoms with Crippen molar-refractivity contribution in [3.8, 4) is 0 Å². The SMILES string of the molecule is CCC1C(c2ccccc2)N(C)C(c2ccccc2)CC1(O)c1ccccc1.[Cl-]. The van der Waals surface area contributed by atoms with Gasteiger partial charge in [-0.25, -0.2) is 0 Å². The van der Waals surface area contributed by atoms with E-state index in [9.17, 15) is 5.11 Å². The highest BCUT2D eigenvalue weighted by Crippen LogP contribution is 2.54. The molecular weight excluding hydrogens is 378 g/mol. The molecule has 0 saturated carbocycles. The van der Waals surface area contributed by atoms with Crippen LogP contribution in [0.25, 0.3) is 0 Å². The summed E-state index contributed by atoms with van der Waals surface area (Å²) in [6, 6.07) is 31.8. The van der Waals surface area contributed by atoms with Gasteiger partial charge in [0.1, 0.15) is 0 Å². The van der Waals surface area contributed by atoms with Crippen molar-refractivity contribution in [2.75, 3.05) is 7.05 Å². The molecule has 0 aromatic heterocycles. The third-order valence-corrected chi connectivity index (χ3v) is 6.47. The van der Waals surface area contributed by atoms with E-state index < -0.39 is 5.60 Å². The van der Waals surface area contributed by atoms with E-state index in [0.717, 1.165) is 12.0 Å². The van der Waals surface area contributed by atoms with Gasteiger partial charge in [-0.3, -0.25) is 4.90 Å². The van der Waals surface area contributed by atoms with Gasteiger partial charge < -0.3 is 17.5 Å². The summed E-state index contributed by atoms with van der Waals surface area (Å²) >= 11 is 0. The lowest BCUT2D eigenvalue weighted by Gasteiger charge is -2.53. The Kier molecular flexibility index (Phi) is 6.79. The monoisotopic (exact) mass is 406 g/mol.